The topological polar surface area (TPSA) is 129 Å². The summed E-state index contributed by atoms with van der Waals surface area (Å²) in [5.41, 5.74) is 13.4. The number of anilines is 3. The molecular weight excluding hydrogens is 320 g/mol. The Hall–Kier alpha value is -2.65. The highest BCUT2D eigenvalue weighted by Crippen LogP contribution is 2.34. The second-order valence-electron chi connectivity index (χ2n) is 4.61. The number of sulfonamides is 1. The average molecular weight is 338 g/mol. The van der Waals surface area contributed by atoms with Crippen molar-refractivity contribution in [1.29, 1.82) is 0 Å². The van der Waals surface area contributed by atoms with E-state index >= 15 is 0 Å². The molecular formula is C14H18N4O4S. The lowest BCUT2D eigenvalue weighted by Gasteiger charge is -2.15. The van der Waals surface area contributed by atoms with Crippen molar-refractivity contribution in [3.63, 3.8) is 0 Å². The SMILES string of the molecule is COc1cc(NNc2ccc(S(N)(=O)=O)cc2)c(OC)cc1N. The molecule has 2 aromatic carbocycles. The molecule has 0 unspecified atom stereocenters. The van der Waals surface area contributed by atoms with Crippen LogP contribution in [0.4, 0.5) is 17.1 Å². The number of nitrogen functional groups attached to an aromatic ring is 1. The molecule has 0 spiro atoms. The number of nitrogens with one attached hydrogen (secondary N) is 2. The maximum Gasteiger partial charge on any atom is 0.238 e. The zero-order valence-electron chi connectivity index (χ0n) is 12.7. The summed E-state index contributed by atoms with van der Waals surface area (Å²) in [6, 6.07) is 9.27. The number of ether oxygens (including phenoxy) is 2. The van der Waals surface area contributed by atoms with Crippen LogP contribution in [0.15, 0.2) is 41.3 Å². The minimum atomic E-state index is -3.71. The molecule has 23 heavy (non-hydrogen) atoms. The van der Waals surface area contributed by atoms with Gasteiger partial charge in [0.05, 0.1) is 36.2 Å². The normalized spacial score (nSPS) is 10.9. The fourth-order valence-electron chi connectivity index (χ4n) is 1.89. The fraction of sp³-hybridized carbons (Fsp3) is 0.143. The molecule has 0 fully saturated rings. The molecule has 9 heteroatoms. The highest BCUT2D eigenvalue weighted by atomic mass is 32.2. The lowest BCUT2D eigenvalue weighted by atomic mass is 10.2. The molecule has 0 radical (unpaired) electrons. The maximum atomic E-state index is 11.2. The summed E-state index contributed by atoms with van der Waals surface area (Å²) in [4.78, 5) is 0.0368. The molecule has 0 amide bonds. The van der Waals surface area contributed by atoms with Crippen molar-refractivity contribution in [2.45, 2.75) is 4.90 Å². The molecule has 0 aliphatic rings. The van der Waals surface area contributed by atoms with Crippen molar-refractivity contribution in [2.24, 2.45) is 5.14 Å². The van der Waals surface area contributed by atoms with Gasteiger partial charge in [-0.2, -0.15) is 0 Å². The number of methoxy groups -OCH3 is 2. The Bertz CT molecular complexity index is 791. The van der Waals surface area contributed by atoms with Gasteiger partial charge in [-0.05, 0) is 24.3 Å². The van der Waals surface area contributed by atoms with Crippen molar-refractivity contribution in [2.75, 3.05) is 30.8 Å². The van der Waals surface area contributed by atoms with Gasteiger partial charge in [0.25, 0.3) is 0 Å². The monoisotopic (exact) mass is 338 g/mol. The van der Waals surface area contributed by atoms with Gasteiger partial charge in [0, 0.05) is 12.1 Å². The second-order valence-corrected chi connectivity index (χ2v) is 6.18. The van der Waals surface area contributed by atoms with E-state index in [4.69, 9.17) is 20.3 Å². The van der Waals surface area contributed by atoms with E-state index in [9.17, 15) is 8.42 Å². The van der Waals surface area contributed by atoms with E-state index in [1.54, 1.807) is 24.3 Å². The van der Waals surface area contributed by atoms with Gasteiger partial charge < -0.3 is 20.6 Å². The maximum absolute atomic E-state index is 11.2. The lowest BCUT2D eigenvalue weighted by molar-refractivity contribution is 0.406. The van der Waals surface area contributed by atoms with E-state index in [-0.39, 0.29) is 4.90 Å². The Labute approximate surface area is 134 Å². The second kappa shape index (κ2) is 6.63. The van der Waals surface area contributed by atoms with E-state index in [1.807, 2.05) is 0 Å². The van der Waals surface area contributed by atoms with Crippen LogP contribution >= 0.6 is 0 Å². The Kier molecular flexibility index (Phi) is 4.82. The summed E-state index contributed by atoms with van der Waals surface area (Å²) in [6.45, 7) is 0. The van der Waals surface area contributed by atoms with Crippen LogP contribution in [-0.2, 0) is 10.0 Å². The molecule has 8 nitrogen and oxygen atoms in total. The third-order valence-electron chi connectivity index (χ3n) is 3.08. The van der Waals surface area contributed by atoms with Crippen molar-refractivity contribution >= 4 is 27.1 Å². The molecule has 124 valence electrons. The molecule has 0 aliphatic heterocycles. The summed E-state index contributed by atoms with van der Waals surface area (Å²) >= 11 is 0. The summed E-state index contributed by atoms with van der Waals surface area (Å²) in [5.74, 6) is 1.02. The predicted octanol–water partition coefficient (Wildman–Crippen LogP) is 1.37. The number of benzene rings is 2. The summed E-state index contributed by atoms with van der Waals surface area (Å²) in [6.07, 6.45) is 0. The van der Waals surface area contributed by atoms with Crippen LogP contribution in [0, 0.1) is 0 Å². The number of hydrazine groups is 1. The molecule has 0 saturated heterocycles. The zero-order valence-corrected chi connectivity index (χ0v) is 13.5. The molecule has 2 aromatic rings. The van der Waals surface area contributed by atoms with Crippen LogP contribution < -0.4 is 31.2 Å². The van der Waals surface area contributed by atoms with Crippen molar-refractivity contribution in [1.82, 2.24) is 0 Å². The smallest absolute Gasteiger partial charge is 0.238 e. The van der Waals surface area contributed by atoms with Gasteiger partial charge in [-0.15, -0.1) is 0 Å². The Morgan fingerprint density at radius 1 is 0.957 bits per heavy atom. The number of primary sulfonamides is 1. The van der Waals surface area contributed by atoms with Gasteiger partial charge >= 0.3 is 0 Å². The van der Waals surface area contributed by atoms with E-state index in [0.29, 0.717) is 28.6 Å². The molecule has 0 aromatic heterocycles. The molecule has 2 rings (SSSR count). The predicted molar refractivity (Wildman–Crippen MR) is 89.0 cm³/mol. The Morgan fingerprint density at radius 3 is 2.09 bits per heavy atom. The van der Waals surface area contributed by atoms with Crippen LogP contribution in [0.3, 0.4) is 0 Å². The molecule has 0 atom stereocenters. The first-order valence-electron chi connectivity index (χ1n) is 6.51. The number of nitrogens with two attached hydrogens (primary N) is 2. The Balaban J connectivity index is 2.17. The average Bonchev–Trinajstić information content (AvgIpc) is 2.52. The fourth-order valence-corrected chi connectivity index (χ4v) is 2.40. The van der Waals surface area contributed by atoms with Crippen LogP contribution in [-0.4, -0.2) is 22.6 Å². The lowest BCUT2D eigenvalue weighted by Crippen LogP contribution is -2.13. The first-order valence-corrected chi connectivity index (χ1v) is 8.06. The zero-order chi connectivity index (χ0) is 17.0. The van der Waals surface area contributed by atoms with E-state index in [0.717, 1.165) is 0 Å². The van der Waals surface area contributed by atoms with Crippen molar-refractivity contribution in [3.05, 3.63) is 36.4 Å². The van der Waals surface area contributed by atoms with Gasteiger partial charge in [0.15, 0.2) is 0 Å². The number of hydrogen-bond acceptors (Lipinski definition) is 7. The largest absolute Gasteiger partial charge is 0.495 e. The summed E-state index contributed by atoms with van der Waals surface area (Å²) in [7, 11) is -0.673. The van der Waals surface area contributed by atoms with Crippen molar-refractivity contribution in [3.8, 4) is 11.5 Å². The quantitative estimate of drug-likeness (QED) is 0.462. The van der Waals surface area contributed by atoms with Gasteiger partial charge in [-0.1, -0.05) is 0 Å². The number of hydrogen-bond donors (Lipinski definition) is 4. The number of rotatable bonds is 6. The van der Waals surface area contributed by atoms with Gasteiger partial charge in [-0.25, -0.2) is 13.6 Å². The minimum absolute atomic E-state index is 0.0368. The highest BCUT2D eigenvalue weighted by Gasteiger charge is 2.10. The van der Waals surface area contributed by atoms with Gasteiger partial charge in [0.1, 0.15) is 11.5 Å². The molecule has 0 saturated carbocycles. The van der Waals surface area contributed by atoms with Crippen LogP contribution in [0.25, 0.3) is 0 Å². The van der Waals surface area contributed by atoms with Crippen LogP contribution in [0.5, 0.6) is 11.5 Å². The summed E-state index contributed by atoms with van der Waals surface area (Å²) in [5, 5.41) is 5.05. The van der Waals surface area contributed by atoms with Crippen LogP contribution in [0.2, 0.25) is 0 Å². The molecule has 0 bridgehead atoms. The first-order chi connectivity index (χ1) is 10.8. The third-order valence-corrected chi connectivity index (χ3v) is 4.01. The third kappa shape index (κ3) is 3.96. The molecule has 6 N–H and O–H groups in total. The van der Waals surface area contributed by atoms with E-state index in [1.165, 1.54) is 26.4 Å². The molecule has 0 aliphatic carbocycles. The van der Waals surface area contributed by atoms with Crippen LogP contribution in [0.1, 0.15) is 0 Å². The van der Waals surface area contributed by atoms with Gasteiger partial charge in [-0.3, -0.25) is 5.43 Å². The summed E-state index contributed by atoms with van der Waals surface area (Å²) < 4.78 is 32.8. The van der Waals surface area contributed by atoms with E-state index in [2.05, 4.69) is 10.9 Å². The Morgan fingerprint density at radius 2 is 1.57 bits per heavy atom. The standard InChI is InChI=1S/C14H18N4O4S/c1-21-13-8-12(14(22-2)7-11(13)15)18-17-9-3-5-10(6-4-9)23(16,19)20/h3-8,17-18H,15H2,1-2H3,(H2,16,19,20). The van der Waals surface area contributed by atoms with Crippen molar-refractivity contribution < 1.29 is 17.9 Å². The van der Waals surface area contributed by atoms with Gasteiger partial charge in [0.2, 0.25) is 10.0 Å². The minimum Gasteiger partial charge on any atom is -0.495 e. The molecule has 0 heterocycles. The first kappa shape index (κ1) is 16.7. The highest BCUT2D eigenvalue weighted by molar-refractivity contribution is 7.89. The van der Waals surface area contributed by atoms with E-state index < -0.39 is 10.0 Å².